The van der Waals surface area contributed by atoms with Crippen molar-refractivity contribution in [3.63, 3.8) is 0 Å². The van der Waals surface area contributed by atoms with Gasteiger partial charge in [0.2, 0.25) is 0 Å². The molecule has 0 fully saturated rings. The second-order valence-corrected chi connectivity index (χ2v) is 7.74. The number of benzene rings is 3. The largest absolute Gasteiger partial charge is 0.495 e. The number of aromatic nitrogens is 1. The summed E-state index contributed by atoms with van der Waals surface area (Å²) >= 11 is 0. The van der Waals surface area contributed by atoms with E-state index in [9.17, 15) is 0 Å². The number of nitrogens with one attached hydrogen (secondary N) is 1. The molecule has 1 aliphatic heterocycles. The number of H-pyrrole nitrogens is 1. The molecule has 0 amide bonds. The Balaban J connectivity index is 1.78. The van der Waals surface area contributed by atoms with Gasteiger partial charge in [0.1, 0.15) is 5.75 Å². The van der Waals surface area contributed by atoms with Gasteiger partial charge >= 0.3 is 0 Å². The van der Waals surface area contributed by atoms with Crippen molar-refractivity contribution in [2.75, 3.05) is 12.0 Å². The number of allylic oxidation sites excluding steroid dienone is 2. The zero-order chi connectivity index (χ0) is 20.8. The molecular formula is C28H21N2O. The summed E-state index contributed by atoms with van der Waals surface area (Å²) in [6.07, 6.45) is 10.8. The van der Waals surface area contributed by atoms with E-state index >= 15 is 0 Å². The highest BCUT2D eigenvalue weighted by Gasteiger charge is 2.32. The van der Waals surface area contributed by atoms with Gasteiger partial charge in [-0.25, -0.2) is 0 Å². The summed E-state index contributed by atoms with van der Waals surface area (Å²) in [7, 11) is 1.72. The van der Waals surface area contributed by atoms with Crippen LogP contribution in [0.15, 0.2) is 97.2 Å². The highest BCUT2D eigenvalue weighted by atomic mass is 16.5. The molecule has 1 aliphatic carbocycles. The lowest BCUT2D eigenvalue weighted by Crippen LogP contribution is -2.48. The van der Waals surface area contributed by atoms with Crippen LogP contribution in [0.4, 0.5) is 5.69 Å². The van der Waals surface area contributed by atoms with E-state index < -0.39 is 0 Å². The van der Waals surface area contributed by atoms with Crippen molar-refractivity contribution < 1.29 is 4.74 Å². The molecule has 1 radical (unpaired) electrons. The fourth-order valence-electron chi connectivity index (χ4n) is 4.77. The topological polar surface area (TPSA) is 28.3 Å². The van der Waals surface area contributed by atoms with Crippen LogP contribution in [0.2, 0.25) is 0 Å². The Morgan fingerprint density at radius 1 is 0.935 bits per heavy atom. The van der Waals surface area contributed by atoms with E-state index in [1.807, 2.05) is 18.2 Å². The SMILES string of the molecule is COc1ccc[c]c1N1C(c2c[nH]c3ccccc23)=c2ccccc2=C2C=CC=CC21. The molecule has 2 aliphatic rings. The van der Waals surface area contributed by atoms with Gasteiger partial charge in [0, 0.05) is 33.9 Å². The van der Waals surface area contributed by atoms with E-state index in [4.69, 9.17) is 4.74 Å². The van der Waals surface area contributed by atoms with Crippen LogP contribution in [0.5, 0.6) is 5.75 Å². The monoisotopic (exact) mass is 401 g/mol. The van der Waals surface area contributed by atoms with Crippen LogP contribution in [-0.4, -0.2) is 18.1 Å². The van der Waals surface area contributed by atoms with Crippen LogP contribution in [-0.2, 0) is 0 Å². The smallest absolute Gasteiger partial charge is 0.143 e. The van der Waals surface area contributed by atoms with E-state index in [1.165, 1.54) is 27.0 Å². The minimum Gasteiger partial charge on any atom is -0.495 e. The third kappa shape index (κ3) is 2.67. The van der Waals surface area contributed by atoms with Gasteiger partial charge in [-0.3, -0.25) is 0 Å². The van der Waals surface area contributed by atoms with E-state index in [0.717, 1.165) is 22.7 Å². The van der Waals surface area contributed by atoms with Crippen molar-refractivity contribution in [1.29, 1.82) is 0 Å². The molecule has 3 heteroatoms. The van der Waals surface area contributed by atoms with Gasteiger partial charge in [0.15, 0.2) is 0 Å². The highest BCUT2D eigenvalue weighted by Crippen LogP contribution is 2.39. The van der Waals surface area contributed by atoms with E-state index in [2.05, 4.69) is 95.0 Å². The molecule has 1 N–H and O–H groups in total. The number of nitrogens with zero attached hydrogens (tertiary/aromatic N) is 1. The predicted molar refractivity (Wildman–Crippen MR) is 126 cm³/mol. The maximum absolute atomic E-state index is 5.77. The molecule has 1 aromatic heterocycles. The first-order valence-corrected chi connectivity index (χ1v) is 10.5. The summed E-state index contributed by atoms with van der Waals surface area (Å²) in [5, 5.41) is 3.67. The van der Waals surface area contributed by atoms with Gasteiger partial charge in [-0.05, 0) is 22.9 Å². The molecule has 2 heterocycles. The lowest BCUT2D eigenvalue weighted by molar-refractivity contribution is 0.415. The van der Waals surface area contributed by atoms with Crippen molar-refractivity contribution in [3.8, 4) is 5.75 Å². The average molecular weight is 401 g/mol. The molecule has 0 saturated carbocycles. The molecule has 0 spiro atoms. The lowest BCUT2D eigenvalue weighted by Gasteiger charge is -2.39. The van der Waals surface area contributed by atoms with Crippen molar-refractivity contribution in [2.24, 2.45) is 0 Å². The number of methoxy groups -OCH3 is 1. The molecule has 1 atom stereocenters. The van der Waals surface area contributed by atoms with Crippen LogP contribution in [0.25, 0.3) is 22.2 Å². The van der Waals surface area contributed by atoms with E-state index in [1.54, 1.807) is 7.11 Å². The standard InChI is InChI=1S/C28H21N2O/c1-31-27-17-9-8-16-26(27)30-25-15-7-5-12-21(25)19-10-2-3-13-22(19)28(30)23-18-29-24-14-6-4-11-20(23)24/h2-15,17-18,25,29H,1H3. The van der Waals surface area contributed by atoms with Crippen LogP contribution < -0.4 is 20.1 Å². The second kappa shape index (κ2) is 7.06. The number of anilines is 1. The van der Waals surface area contributed by atoms with Crippen molar-refractivity contribution in [1.82, 2.24) is 4.98 Å². The van der Waals surface area contributed by atoms with Gasteiger partial charge in [0.05, 0.1) is 24.5 Å². The Kier molecular flexibility index (Phi) is 4.07. The van der Waals surface area contributed by atoms with Crippen LogP contribution >= 0.6 is 0 Å². The average Bonchev–Trinajstić information content (AvgIpc) is 3.27. The highest BCUT2D eigenvalue weighted by molar-refractivity contribution is 5.99. The van der Waals surface area contributed by atoms with Crippen LogP contribution in [0.3, 0.4) is 0 Å². The number of ether oxygens (including phenoxy) is 1. The van der Waals surface area contributed by atoms with Crippen LogP contribution in [0.1, 0.15) is 5.56 Å². The van der Waals surface area contributed by atoms with Crippen molar-refractivity contribution in [2.45, 2.75) is 6.04 Å². The third-order valence-electron chi connectivity index (χ3n) is 6.11. The van der Waals surface area contributed by atoms with E-state index in [-0.39, 0.29) is 6.04 Å². The number of para-hydroxylation sites is 2. The van der Waals surface area contributed by atoms with Crippen molar-refractivity contribution >= 4 is 27.9 Å². The number of hydrogen-bond acceptors (Lipinski definition) is 2. The number of rotatable bonds is 3. The fraction of sp³-hybridized carbons (Fsp3) is 0.0714. The van der Waals surface area contributed by atoms with Gasteiger partial charge in [-0.2, -0.15) is 0 Å². The quantitative estimate of drug-likeness (QED) is 0.554. The molecule has 31 heavy (non-hydrogen) atoms. The summed E-state index contributed by atoms with van der Waals surface area (Å²) < 4.78 is 5.77. The molecule has 1 unspecified atom stereocenters. The minimum atomic E-state index is 0.0520. The minimum absolute atomic E-state index is 0.0520. The summed E-state index contributed by atoms with van der Waals surface area (Å²) in [6.45, 7) is 0. The Hall–Kier alpha value is -3.98. The predicted octanol–water partition coefficient (Wildman–Crippen LogP) is 4.30. The normalized spacial score (nSPS) is 17.1. The summed E-state index contributed by atoms with van der Waals surface area (Å²) in [4.78, 5) is 5.83. The summed E-state index contributed by atoms with van der Waals surface area (Å²) in [5.74, 6) is 0.807. The van der Waals surface area contributed by atoms with Crippen molar-refractivity contribution in [3.05, 3.63) is 119 Å². The Morgan fingerprint density at radius 3 is 2.68 bits per heavy atom. The van der Waals surface area contributed by atoms with Gasteiger partial charge in [-0.1, -0.05) is 78.9 Å². The molecule has 3 nitrogen and oxygen atoms in total. The molecule has 149 valence electrons. The molecular weight excluding hydrogens is 380 g/mol. The second-order valence-electron chi connectivity index (χ2n) is 7.74. The number of aromatic amines is 1. The first kappa shape index (κ1) is 17.8. The first-order valence-electron chi connectivity index (χ1n) is 10.5. The third-order valence-corrected chi connectivity index (χ3v) is 6.11. The lowest BCUT2D eigenvalue weighted by atomic mass is 9.90. The molecule has 3 aromatic carbocycles. The van der Waals surface area contributed by atoms with Gasteiger partial charge in [0.25, 0.3) is 0 Å². The van der Waals surface area contributed by atoms with Gasteiger partial charge in [-0.15, -0.1) is 0 Å². The maximum Gasteiger partial charge on any atom is 0.143 e. The maximum atomic E-state index is 5.77. The fourth-order valence-corrected chi connectivity index (χ4v) is 4.77. The first-order chi connectivity index (χ1) is 15.4. The number of fused-ring (bicyclic) bond motifs is 3. The van der Waals surface area contributed by atoms with Crippen LogP contribution in [0, 0.1) is 6.07 Å². The Morgan fingerprint density at radius 2 is 1.77 bits per heavy atom. The molecule has 0 saturated heterocycles. The zero-order valence-corrected chi connectivity index (χ0v) is 17.2. The molecule has 6 rings (SSSR count). The summed E-state index contributed by atoms with van der Waals surface area (Å²) in [5.41, 5.74) is 5.66. The summed E-state index contributed by atoms with van der Waals surface area (Å²) in [6, 6.07) is 26.5. The molecule has 4 aromatic rings. The number of hydrogen-bond donors (Lipinski definition) is 1. The van der Waals surface area contributed by atoms with E-state index in [0.29, 0.717) is 0 Å². The Labute approximate surface area is 180 Å². The Bertz CT molecular complexity index is 1490. The molecule has 0 bridgehead atoms. The zero-order valence-electron chi connectivity index (χ0n) is 17.2. The van der Waals surface area contributed by atoms with Gasteiger partial charge < -0.3 is 14.6 Å².